The first-order valence-electron chi connectivity index (χ1n) is 6.85. The van der Waals surface area contributed by atoms with E-state index >= 15 is 0 Å². The largest absolute Gasteiger partial charge is 0.492 e. The van der Waals surface area contributed by atoms with Gasteiger partial charge in [0.25, 0.3) is 0 Å². The first-order chi connectivity index (χ1) is 9.19. The van der Waals surface area contributed by atoms with Gasteiger partial charge in [-0.15, -0.1) is 0 Å². The molecule has 0 aromatic heterocycles. The number of benzene rings is 1. The second-order valence-corrected chi connectivity index (χ2v) is 5.14. The molecule has 0 bridgehead atoms. The summed E-state index contributed by atoms with van der Waals surface area (Å²) in [4.78, 5) is 2.30. The zero-order valence-electron chi connectivity index (χ0n) is 11.7. The van der Waals surface area contributed by atoms with Gasteiger partial charge in [0.1, 0.15) is 12.4 Å². The second-order valence-electron chi connectivity index (χ2n) is 5.14. The molecule has 4 nitrogen and oxygen atoms in total. The molecule has 2 rings (SSSR count). The minimum atomic E-state index is -0.0597. The number of hydrogen-bond donors (Lipinski definition) is 1. The van der Waals surface area contributed by atoms with Gasteiger partial charge in [0.15, 0.2) is 0 Å². The highest BCUT2D eigenvalue weighted by atomic mass is 16.5. The molecule has 1 aromatic rings. The topological polar surface area (TPSA) is 41.9 Å². The lowest BCUT2D eigenvalue weighted by Crippen LogP contribution is -2.50. The van der Waals surface area contributed by atoms with Gasteiger partial charge in [0.2, 0.25) is 0 Å². The molecule has 106 valence electrons. The summed E-state index contributed by atoms with van der Waals surface area (Å²) >= 11 is 0. The Kier molecular flexibility index (Phi) is 5.19. The Morgan fingerprint density at radius 2 is 2.11 bits per heavy atom. The van der Waals surface area contributed by atoms with E-state index in [1.807, 2.05) is 12.1 Å². The van der Waals surface area contributed by atoms with Crippen LogP contribution in [0.1, 0.15) is 12.5 Å². The van der Waals surface area contributed by atoms with Crippen molar-refractivity contribution < 1.29 is 14.6 Å². The standard InChI is InChI=1S/C15H23NO3/c1-12-3-5-14(6-4-12)18-8-7-16-9-15(10-17)19-11-13(16)2/h3-6,13,15,17H,7-11H2,1-2H3. The van der Waals surface area contributed by atoms with Crippen molar-refractivity contribution in [1.82, 2.24) is 4.90 Å². The number of rotatable bonds is 5. The van der Waals surface area contributed by atoms with E-state index in [9.17, 15) is 0 Å². The Bertz CT molecular complexity index is 379. The molecule has 1 N–H and O–H groups in total. The summed E-state index contributed by atoms with van der Waals surface area (Å²) < 4.78 is 11.3. The highest BCUT2D eigenvalue weighted by Crippen LogP contribution is 2.13. The summed E-state index contributed by atoms with van der Waals surface area (Å²) in [6, 6.07) is 8.47. The lowest BCUT2D eigenvalue weighted by Gasteiger charge is -2.37. The fourth-order valence-corrected chi connectivity index (χ4v) is 2.21. The van der Waals surface area contributed by atoms with Crippen LogP contribution >= 0.6 is 0 Å². The Morgan fingerprint density at radius 3 is 2.79 bits per heavy atom. The second kappa shape index (κ2) is 6.89. The van der Waals surface area contributed by atoms with Crippen molar-refractivity contribution in [2.75, 3.05) is 32.9 Å². The smallest absolute Gasteiger partial charge is 0.119 e. The summed E-state index contributed by atoms with van der Waals surface area (Å²) in [7, 11) is 0. The van der Waals surface area contributed by atoms with Crippen molar-refractivity contribution >= 4 is 0 Å². The van der Waals surface area contributed by atoms with E-state index < -0.39 is 0 Å². The molecule has 1 aromatic carbocycles. The molecule has 2 unspecified atom stereocenters. The number of aliphatic hydroxyl groups is 1. The molecule has 0 aliphatic carbocycles. The van der Waals surface area contributed by atoms with Crippen LogP contribution < -0.4 is 4.74 Å². The maximum Gasteiger partial charge on any atom is 0.119 e. The van der Waals surface area contributed by atoms with Crippen LogP contribution in [0.15, 0.2) is 24.3 Å². The van der Waals surface area contributed by atoms with Crippen LogP contribution in [-0.4, -0.2) is 55.1 Å². The van der Waals surface area contributed by atoms with Gasteiger partial charge in [-0.1, -0.05) is 17.7 Å². The van der Waals surface area contributed by atoms with Crippen LogP contribution in [0.25, 0.3) is 0 Å². The van der Waals surface area contributed by atoms with Crippen LogP contribution in [-0.2, 0) is 4.74 Å². The highest BCUT2D eigenvalue weighted by molar-refractivity contribution is 5.26. The number of aliphatic hydroxyl groups excluding tert-OH is 1. The van der Waals surface area contributed by atoms with Crippen molar-refractivity contribution in [2.24, 2.45) is 0 Å². The molecule has 0 amide bonds. The molecule has 0 spiro atoms. The Hall–Kier alpha value is -1.10. The number of hydrogen-bond acceptors (Lipinski definition) is 4. The summed E-state index contributed by atoms with van der Waals surface area (Å²) in [6.07, 6.45) is -0.0597. The summed E-state index contributed by atoms with van der Waals surface area (Å²) in [5, 5.41) is 9.14. The average molecular weight is 265 g/mol. The first-order valence-corrected chi connectivity index (χ1v) is 6.85. The minimum absolute atomic E-state index is 0.0597. The molecule has 0 saturated carbocycles. The van der Waals surface area contributed by atoms with Crippen LogP contribution in [0.5, 0.6) is 5.75 Å². The van der Waals surface area contributed by atoms with Crippen LogP contribution in [0, 0.1) is 6.92 Å². The normalized spacial score (nSPS) is 24.4. The number of nitrogens with zero attached hydrogens (tertiary/aromatic N) is 1. The third-order valence-corrected chi connectivity index (χ3v) is 3.51. The summed E-state index contributed by atoms with van der Waals surface area (Å²) in [5.41, 5.74) is 1.24. The predicted molar refractivity (Wildman–Crippen MR) is 74.5 cm³/mol. The van der Waals surface area contributed by atoms with E-state index in [2.05, 4.69) is 30.9 Å². The van der Waals surface area contributed by atoms with E-state index in [-0.39, 0.29) is 12.7 Å². The fraction of sp³-hybridized carbons (Fsp3) is 0.600. The summed E-state index contributed by atoms with van der Waals surface area (Å²) in [6.45, 7) is 7.25. The van der Waals surface area contributed by atoms with Crippen molar-refractivity contribution in [3.63, 3.8) is 0 Å². The zero-order chi connectivity index (χ0) is 13.7. The third kappa shape index (κ3) is 4.20. The van der Waals surface area contributed by atoms with E-state index in [1.54, 1.807) is 0 Å². The van der Waals surface area contributed by atoms with E-state index in [0.717, 1.165) is 18.8 Å². The molecule has 1 fully saturated rings. The molecule has 1 heterocycles. The van der Waals surface area contributed by atoms with Crippen molar-refractivity contribution in [2.45, 2.75) is 26.0 Å². The van der Waals surface area contributed by atoms with Gasteiger partial charge < -0.3 is 14.6 Å². The molecule has 0 radical (unpaired) electrons. The number of ether oxygens (including phenoxy) is 2. The van der Waals surface area contributed by atoms with Gasteiger partial charge >= 0.3 is 0 Å². The monoisotopic (exact) mass is 265 g/mol. The molecule has 4 heteroatoms. The molecular formula is C15H23NO3. The van der Waals surface area contributed by atoms with Crippen LogP contribution in [0.3, 0.4) is 0 Å². The Morgan fingerprint density at radius 1 is 1.37 bits per heavy atom. The molecular weight excluding hydrogens is 242 g/mol. The summed E-state index contributed by atoms with van der Waals surface area (Å²) in [5.74, 6) is 0.908. The lowest BCUT2D eigenvalue weighted by molar-refractivity contribution is -0.0798. The van der Waals surface area contributed by atoms with Crippen molar-refractivity contribution in [1.29, 1.82) is 0 Å². The van der Waals surface area contributed by atoms with E-state index in [0.29, 0.717) is 19.3 Å². The van der Waals surface area contributed by atoms with Gasteiger partial charge in [-0.2, -0.15) is 0 Å². The average Bonchev–Trinajstić information content (AvgIpc) is 2.43. The van der Waals surface area contributed by atoms with Crippen LogP contribution in [0.4, 0.5) is 0 Å². The fourth-order valence-electron chi connectivity index (χ4n) is 2.21. The third-order valence-electron chi connectivity index (χ3n) is 3.51. The van der Waals surface area contributed by atoms with Crippen molar-refractivity contribution in [3.05, 3.63) is 29.8 Å². The molecule has 2 atom stereocenters. The minimum Gasteiger partial charge on any atom is -0.492 e. The number of aryl methyl sites for hydroxylation is 1. The maximum absolute atomic E-state index is 9.14. The predicted octanol–water partition coefficient (Wildman–Crippen LogP) is 1.46. The van der Waals surface area contributed by atoms with Gasteiger partial charge in [0, 0.05) is 19.1 Å². The molecule has 1 aliphatic rings. The highest BCUT2D eigenvalue weighted by Gasteiger charge is 2.25. The molecule has 19 heavy (non-hydrogen) atoms. The van der Waals surface area contributed by atoms with Gasteiger partial charge in [-0.3, -0.25) is 4.90 Å². The lowest BCUT2D eigenvalue weighted by atomic mass is 10.2. The van der Waals surface area contributed by atoms with Crippen LogP contribution in [0.2, 0.25) is 0 Å². The van der Waals surface area contributed by atoms with E-state index in [1.165, 1.54) is 5.56 Å². The molecule has 1 saturated heterocycles. The Balaban J connectivity index is 1.76. The van der Waals surface area contributed by atoms with E-state index in [4.69, 9.17) is 14.6 Å². The van der Waals surface area contributed by atoms with Gasteiger partial charge in [0.05, 0.1) is 19.3 Å². The van der Waals surface area contributed by atoms with Gasteiger partial charge in [-0.05, 0) is 26.0 Å². The maximum atomic E-state index is 9.14. The van der Waals surface area contributed by atoms with Gasteiger partial charge in [-0.25, -0.2) is 0 Å². The molecule has 1 aliphatic heterocycles. The van der Waals surface area contributed by atoms with Crippen molar-refractivity contribution in [3.8, 4) is 5.75 Å². The Labute approximate surface area is 114 Å². The quantitative estimate of drug-likeness (QED) is 0.875. The number of morpholine rings is 1. The SMILES string of the molecule is Cc1ccc(OCCN2CC(CO)OCC2C)cc1. The zero-order valence-corrected chi connectivity index (χ0v) is 11.7. The first kappa shape index (κ1) is 14.3.